The summed E-state index contributed by atoms with van der Waals surface area (Å²) < 4.78 is 5.12. The van der Waals surface area contributed by atoms with Crippen LogP contribution < -0.4 is 0 Å². The van der Waals surface area contributed by atoms with Gasteiger partial charge in [0.25, 0.3) is 0 Å². The molecule has 1 atom stereocenters. The van der Waals surface area contributed by atoms with Crippen LogP contribution in [0.2, 0.25) is 0 Å². The predicted molar refractivity (Wildman–Crippen MR) is 35.9 cm³/mol. The molecule has 0 aliphatic carbocycles. The Labute approximate surface area is 51.4 Å². The predicted octanol–water partition coefficient (Wildman–Crippen LogP) is 1.99. The van der Waals surface area contributed by atoms with Crippen LogP contribution in [0.5, 0.6) is 0 Å². The molecule has 0 rings (SSSR count). The standard InChI is InChI=1S/C7H14O/c1-5-7(3,6-2)8-4/h5H,1,6H2,2-4H3. The number of hydrogen-bond acceptors (Lipinski definition) is 1. The molecule has 1 nitrogen and oxygen atoms in total. The van der Waals surface area contributed by atoms with Gasteiger partial charge in [0.05, 0.1) is 5.60 Å². The fraction of sp³-hybridized carbons (Fsp3) is 0.714. The van der Waals surface area contributed by atoms with E-state index in [0.717, 1.165) is 6.42 Å². The number of rotatable bonds is 3. The Morgan fingerprint density at radius 2 is 2.25 bits per heavy atom. The average Bonchev–Trinajstić information content (AvgIpc) is 1.87. The molecule has 0 amide bonds. The fourth-order valence-electron chi connectivity index (χ4n) is 0.372. The van der Waals surface area contributed by atoms with Gasteiger partial charge < -0.3 is 4.74 Å². The van der Waals surface area contributed by atoms with Crippen molar-refractivity contribution in [2.45, 2.75) is 25.9 Å². The van der Waals surface area contributed by atoms with Crippen LogP contribution in [0.15, 0.2) is 12.7 Å². The largest absolute Gasteiger partial charge is 0.374 e. The van der Waals surface area contributed by atoms with E-state index in [1.165, 1.54) is 0 Å². The molecule has 0 aromatic rings. The Morgan fingerprint density at radius 1 is 1.75 bits per heavy atom. The van der Waals surface area contributed by atoms with Gasteiger partial charge in [-0.3, -0.25) is 0 Å². The second-order valence-corrected chi connectivity index (χ2v) is 2.07. The van der Waals surface area contributed by atoms with Crippen LogP contribution in [0, 0.1) is 0 Å². The lowest BCUT2D eigenvalue weighted by atomic mass is 10.0. The van der Waals surface area contributed by atoms with Crippen molar-refractivity contribution in [3.05, 3.63) is 12.7 Å². The summed E-state index contributed by atoms with van der Waals surface area (Å²) in [5, 5.41) is 0. The van der Waals surface area contributed by atoms with Gasteiger partial charge in [0, 0.05) is 7.11 Å². The minimum atomic E-state index is -0.111. The fourth-order valence-corrected chi connectivity index (χ4v) is 0.372. The second-order valence-electron chi connectivity index (χ2n) is 2.07. The van der Waals surface area contributed by atoms with Gasteiger partial charge in [-0.25, -0.2) is 0 Å². The minimum Gasteiger partial charge on any atom is -0.374 e. The van der Waals surface area contributed by atoms with Gasteiger partial charge in [0.15, 0.2) is 0 Å². The summed E-state index contributed by atoms with van der Waals surface area (Å²) in [7, 11) is 1.70. The van der Waals surface area contributed by atoms with Crippen LogP contribution in [-0.4, -0.2) is 12.7 Å². The zero-order chi connectivity index (χ0) is 6.62. The summed E-state index contributed by atoms with van der Waals surface area (Å²) in [4.78, 5) is 0. The van der Waals surface area contributed by atoms with Crippen LogP contribution in [0.4, 0.5) is 0 Å². The van der Waals surface area contributed by atoms with Gasteiger partial charge in [-0.15, -0.1) is 6.58 Å². The second kappa shape index (κ2) is 2.88. The van der Waals surface area contributed by atoms with E-state index in [2.05, 4.69) is 13.5 Å². The lowest BCUT2D eigenvalue weighted by molar-refractivity contribution is 0.0459. The van der Waals surface area contributed by atoms with Crippen LogP contribution in [-0.2, 0) is 4.74 Å². The molecule has 0 saturated heterocycles. The first kappa shape index (κ1) is 7.70. The molecule has 0 aromatic heterocycles. The third-order valence-corrected chi connectivity index (χ3v) is 1.60. The van der Waals surface area contributed by atoms with E-state index in [9.17, 15) is 0 Å². The molecule has 0 spiro atoms. The van der Waals surface area contributed by atoms with Crippen LogP contribution in [0.1, 0.15) is 20.3 Å². The van der Waals surface area contributed by atoms with Crippen molar-refractivity contribution in [3.8, 4) is 0 Å². The molecular formula is C7H14O. The van der Waals surface area contributed by atoms with Crippen LogP contribution in [0.3, 0.4) is 0 Å². The molecule has 0 aliphatic heterocycles. The third kappa shape index (κ3) is 1.66. The van der Waals surface area contributed by atoms with Gasteiger partial charge in [0.2, 0.25) is 0 Å². The maximum absolute atomic E-state index is 5.12. The molecule has 0 N–H and O–H groups in total. The first-order valence-corrected chi connectivity index (χ1v) is 2.87. The van der Waals surface area contributed by atoms with Gasteiger partial charge in [-0.05, 0) is 13.3 Å². The van der Waals surface area contributed by atoms with Crippen molar-refractivity contribution < 1.29 is 4.74 Å². The highest BCUT2D eigenvalue weighted by Crippen LogP contribution is 2.13. The molecular weight excluding hydrogens is 100 g/mol. The van der Waals surface area contributed by atoms with Crippen molar-refractivity contribution in [1.82, 2.24) is 0 Å². The molecule has 0 aromatic carbocycles. The topological polar surface area (TPSA) is 9.23 Å². The van der Waals surface area contributed by atoms with E-state index in [1.54, 1.807) is 7.11 Å². The number of hydrogen-bond donors (Lipinski definition) is 0. The summed E-state index contributed by atoms with van der Waals surface area (Å²) in [5.74, 6) is 0. The van der Waals surface area contributed by atoms with Crippen molar-refractivity contribution in [2.24, 2.45) is 0 Å². The molecule has 1 heteroatoms. The van der Waals surface area contributed by atoms with E-state index in [1.807, 2.05) is 13.0 Å². The Bertz CT molecular complexity index is 72.5. The number of methoxy groups -OCH3 is 1. The first-order valence-electron chi connectivity index (χ1n) is 2.87. The molecule has 0 fully saturated rings. The van der Waals surface area contributed by atoms with Crippen LogP contribution in [0.25, 0.3) is 0 Å². The summed E-state index contributed by atoms with van der Waals surface area (Å²) >= 11 is 0. The molecule has 8 heavy (non-hydrogen) atoms. The normalized spacial score (nSPS) is 17.4. The van der Waals surface area contributed by atoms with Gasteiger partial charge >= 0.3 is 0 Å². The third-order valence-electron chi connectivity index (χ3n) is 1.60. The smallest absolute Gasteiger partial charge is 0.0825 e. The average molecular weight is 114 g/mol. The quantitative estimate of drug-likeness (QED) is 0.510. The molecule has 1 unspecified atom stereocenters. The lowest BCUT2D eigenvalue weighted by Crippen LogP contribution is -2.21. The van der Waals surface area contributed by atoms with E-state index < -0.39 is 0 Å². The molecule has 0 bridgehead atoms. The van der Waals surface area contributed by atoms with Crippen molar-refractivity contribution in [1.29, 1.82) is 0 Å². The Hall–Kier alpha value is -0.300. The van der Waals surface area contributed by atoms with E-state index >= 15 is 0 Å². The summed E-state index contributed by atoms with van der Waals surface area (Å²) in [6, 6.07) is 0. The van der Waals surface area contributed by atoms with Gasteiger partial charge in [0.1, 0.15) is 0 Å². The van der Waals surface area contributed by atoms with E-state index in [-0.39, 0.29) is 5.60 Å². The molecule has 0 radical (unpaired) electrons. The van der Waals surface area contributed by atoms with Crippen LogP contribution >= 0.6 is 0 Å². The maximum atomic E-state index is 5.12. The monoisotopic (exact) mass is 114 g/mol. The molecule has 0 aliphatic rings. The van der Waals surface area contributed by atoms with Crippen molar-refractivity contribution in [2.75, 3.05) is 7.11 Å². The Morgan fingerprint density at radius 3 is 2.25 bits per heavy atom. The zero-order valence-corrected chi connectivity index (χ0v) is 5.90. The Balaban J connectivity index is 3.76. The first-order chi connectivity index (χ1) is 3.68. The summed E-state index contributed by atoms with van der Waals surface area (Å²) in [6.45, 7) is 7.74. The lowest BCUT2D eigenvalue weighted by Gasteiger charge is -2.20. The molecule has 48 valence electrons. The van der Waals surface area contributed by atoms with Gasteiger partial charge in [-0.2, -0.15) is 0 Å². The molecule has 0 saturated carbocycles. The highest BCUT2D eigenvalue weighted by molar-refractivity contribution is 4.91. The summed E-state index contributed by atoms with van der Waals surface area (Å²) in [6.07, 6.45) is 2.81. The molecule has 0 heterocycles. The van der Waals surface area contributed by atoms with Crippen molar-refractivity contribution >= 4 is 0 Å². The van der Waals surface area contributed by atoms with E-state index in [0.29, 0.717) is 0 Å². The summed E-state index contributed by atoms with van der Waals surface area (Å²) in [5.41, 5.74) is -0.111. The minimum absolute atomic E-state index is 0.111. The highest BCUT2D eigenvalue weighted by atomic mass is 16.5. The highest BCUT2D eigenvalue weighted by Gasteiger charge is 2.14. The SMILES string of the molecule is C=CC(C)(CC)OC. The number of ether oxygens (including phenoxy) is 1. The Kier molecular flexibility index (Phi) is 2.77. The van der Waals surface area contributed by atoms with E-state index in [4.69, 9.17) is 4.74 Å². The van der Waals surface area contributed by atoms with Crippen molar-refractivity contribution in [3.63, 3.8) is 0 Å². The maximum Gasteiger partial charge on any atom is 0.0825 e. The zero-order valence-electron chi connectivity index (χ0n) is 5.90. The van der Waals surface area contributed by atoms with Gasteiger partial charge in [-0.1, -0.05) is 13.0 Å².